The number of nitrogens with one attached hydrogen (secondary N) is 1. The third-order valence-electron chi connectivity index (χ3n) is 3.38. The Morgan fingerprint density at radius 1 is 1.17 bits per heavy atom. The van der Waals surface area contributed by atoms with E-state index < -0.39 is 28.3 Å². The number of nitro benzene ring substituents is 1. The maximum absolute atomic E-state index is 13.1. The number of benzene rings is 2. The third kappa shape index (κ3) is 5.05. The molecule has 1 aromatic heterocycles. The van der Waals surface area contributed by atoms with Gasteiger partial charge in [-0.25, -0.2) is 19.2 Å². The van der Waals surface area contributed by atoms with Gasteiger partial charge in [0.2, 0.25) is 11.7 Å². The van der Waals surface area contributed by atoms with Gasteiger partial charge >= 0.3 is 11.8 Å². The molecule has 12 heteroatoms. The second-order valence-corrected chi connectivity index (χ2v) is 5.84. The fourth-order valence-corrected chi connectivity index (χ4v) is 2.29. The lowest BCUT2D eigenvalue weighted by Crippen LogP contribution is -2.17. The summed E-state index contributed by atoms with van der Waals surface area (Å²) in [5, 5.41) is 14.4. The van der Waals surface area contributed by atoms with Crippen molar-refractivity contribution in [1.82, 2.24) is 9.97 Å². The summed E-state index contributed by atoms with van der Waals surface area (Å²) >= 11 is 5.74. The van der Waals surface area contributed by atoms with E-state index in [0.717, 1.165) is 24.3 Å². The van der Waals surface area contributed by atoms with E-state index in [-0.39, 0.29) is 28.2 Å². The highest BCUT2D eigenvalue weighted by Gasteiger charge is 2.23. The summed E-state index contributed by atoms with van der Waals surface area (Å²) in [6.45, 7) is 0. The SMILES string of the molecule is NC(=O)Oc1cc(Oc2ccc(F)cc2)c(Nc2ncc(Cl)cn2)cc1[N+](=O)[O-]. The highest BCUT2D eigenvalue weighted by molar-refractivity contribution is 6.30. The van der Waals surface area contributed by atoms with Crippen molar-refractivity contribution in [3.05, 3.63) is 69.7 Å². The van der Waals surface area contributed by atoms with E-state index in [1.165, 1.54) is 24.5 Å². The number of amides is 1. The molecular weight excluding hydrogens is 409 g/mol. The fraction of sp³-hybridized carbons (Fsp3) is 0. The molecule has 0 fully saturated rings. The van der Waals surface area contributed by atoms with E-state index >= 15 is 0 Å². The van der Waals surface area contributed by atoms with Gasteiger partial charge in [-0.15, -0.1) is 0 Å². The van der Waals surface area contributed by atoms with Gasteiger partial charge in [-0.05, 0) is 24.3 Å². The van der Waals surface area contributed by atoms with Crippen LogP contribution in [-0.4, -0.2) is 21.0 Å². The normalized spacial score (nSPS) is 10.3. The van der Waals surface area contributed by atoms with E-state index in [1.807, 2.05) is 0 Å². The van der Waals surface area contributed by atoms with Gasteiger partial charge in [0.25, 0.3) is 0 Å². The van der Waals surface area contributed by atoms with Crippen LogP contribution in [0.25, 0.3) is 0 Å². The van der Waals surface area contributed by atoms with Crippen LogP contribution < -0.4 is 20.5 Å². The Hall–Kier alpha value is -3.99. The van der Waals surface area contributed by atoms with Crippen LogP contribution >= 0.6 is 11.6 Å². The van der Waals surface area contributed by atoms with E-state index in [0.29, 0.717) is 0 Å². The molecule has 10 nitrogen and oxygen atoms in total. The molecule has 3 N–H and O–H groups in total. The lowest BCUT2D eigenvalue weighted by atomic mass is 10.2. The average Bonchev–Trinajstić information content (AvgIpc) is 2.66. The zero-order chi connectivity index (χ0) is 21.0. The quantitative estimate of drug-likeness (QED) is 0.447. The number of rotatable bonds is 6. The lowest BCUT2D eigenvalue weighted by Gasteiger charge is -2.14. The second-order valence-electron chi connectivity index (χ2n) is 5.40. The summed E-state index contributed by atoms with van der Waals surface area (Å²) in [6, 6.07) is 7.15. The van der Waals surface area contributed by atoms with Crippen LogP contribution in [-0.2, 0) is 0 Å². The van der Waals surface area contributed by atoms with Crippen LogP contribution in [0.2, 0.25) is 5.02 Å². The first-order valence-corrected chi connectivity index (χ1v) is 8.17. The molecule has 0 bridgehead atoms. The smallest absolute Gasteiger partial charge is 0.410 e. The zero-order valence-corrected chi connectivity index (χ0v) is 15.1. The number of nitrogens with zero attached hydrogens (tertiary/aromatic N) is 3. The van der Waals surface area contributed by atoms with E-state index in [2.05, 4.69) is 15.3 Å². The van der Waals surface area contributed by atoms with Crippen molar-refractivity contribution in [3.63, 3.8) is 0 Å². The van der Waals surface area contributed by atoms with E-state index in [9.17, 15) is 19.3 Å². The Morgan fingerprint density at radius 3 is 2.41 bits per heavy atom. The Labute approximate surface area is 167 Å². The molecule has 0 saturated carbocycles. The minimum Gasteiger partial charge on any atom is -0.455 e. The van der Waals surface area contributed by atoms with Gasteiger partial charge in [-0.1, -0.05) is 11.6 Å². The topological polar surface area (TPSA) is 143 Å². The summed E-state index contributed by atoms with van der Waals surface area (Å²) < 4.78 is 23.5. The number of hydrogen-bond acceptors (Lipinski definition) is 8. The molecule has 1 heterocycles. The molecule has 0 aliphatic heterocycles. The van der Waals surface area contributed by atoms with Gasteiger partial charge in [-0.2, -0.15) is 0 Å². The lowest BCUT2D eigenvalue weighted by molar-refractivity contribution is -0.385. The van der Waals surface area contributed by atoms with Crippen molar-refractivity contribution >= 4 is 35.0 Å². The van der Waals surface area contributed by atoms with E-state index in [4.69, 9.17) is 26.8 Å². The minimum absolute atomic E-state index is 0.00277. The van der Waals surface area contributed by atoms with Crippen molar-refractivity contribution in [1.29, 1.82) is 0 Å². The molecule has 29 heavy (non-hydrogen) atoms. The number of nitrogens with two attached hydrogens (primary N) is 1. The highest BCUT2D eigenvalue weighted by atomic mass is 35.5. The number of anilines is 2. The van der Waals surface area contributed by atoms with Crippen LogP contribution in [0.5, 0.6) is 17.2 Å². The van der Waals surface area contributed by atoms with Crippen molar-refractivity contribution in [3.8, 4) is 17.2 Å². The van der Waals surface area contributed by atoms with Crippen molar-refractivity contribution < 1.29 is 23.6 Å². The predicted molar refractivity (Wildman–Crippen MR) is 100 cm³/mol. The van der Waals surface area contributed by atoms with Gasteiger partial charge in [-0.3, -0.25) is 10.1 Å². The first kappa shape index (κ1) is 19.8. The van der Waals surface area contributed by atoms with Crippen LogP contribution in [0.3, 0.4) is 0 Å². The van der Waals surface area contributed by atoms with Crippen LogP contribution in [0.4, 0.5) is 26.5 Å². The number of hydrogen-bond donors (Lipinski definition) is 2. The summed E-state index contributed by atoms with van der Waals surface area (Å²) in [5.74, 6) is -0.646. The molecule has 0 saturated heterocycles. The summed E-state index contributed by atoms with van der Waals surface area (Å²) in [6.07, 6.45) is 1.38. The molecule has 1 amide bonds. The van der Waals surface area contributed by atoms with Gasteiger partial charge in [0.15, 0.2) is 5.75 Å². The first-order valence-electron chi connectivity index (χ1n) is 7.79. The maximum atomic E-state index is 13.1. The monoisotopic (exact) mass is 419 g/mol. The Bertz CT molecular complexity index is 1060. The number of ether oxygens (including phenoxy) is 2. The Kier molecular flexibility index (Phi) is 5.69. The second kappa shape index (κ2) is 8.35. The average molecular weight is 420 g/mol. The largest absolute Gasteiger partial charge is 0.455 e. The van der Waals surface area contributed by atoms with Crippen LogP contribution in [0.1, 0.15) is 0 Å². The fourth-order valence-electron chi connectivity index (χ4n) is 2.19. The number of nitro groups is 1. The number of carbonyl (C=O) groups is 1. The van der Waals surface area contributed by atoms with Crippen LogP contribution in [0.15, 0.2) is 48.8 Å². The minimum atomic E-state index is -1.25. The Morgan fingerprint density at radius 2 is 1.83 bits per heavy atom. The van der Waals surface area contributed by atoms with Crippen molar-refractivity contribution in [2.24, 2.45) is 5.73 Å². The molecule has 0 aliphatic rings. The predicted octanol–water partition coefficient (Wildman–Crippen LogP) is 4.17. The van der Waals surface area contributed by atoms with Crippen LogP contribution in [0, 0.1) is 15.9 Å². The zero-order valence-electron chi connectivity index (χ0n) is 14.3. The molecule has 3 rings (SSSR count). The summed E-state index contributed by atoms with van der Waals surface area (Å²) in [5.41, 5.74) is 4.48. The molecule has 0 radical (unpaired) electrons. The van der Waals surface area contributed by atoms with Gasteiger partial charge < -0.3 is 20.5 Å². The standard InChI is InChI=1S/C17H11ClFN5O5/c18-9-7-21-17(22-8-9)23-12-5-13(24(26)27)15(29-16(20)25)6-14(12)28-11-3-1-10(19)2-4-11/h1-8H,(H2,20,25)(H,21,22,23). The molecule has 0 atom stereocenters. The van der Waals surface area contributed by atoms with Crippen molar-refractivity contribution in [2.45, 2.75) is 0 Å². The molecule has 148 valence electrons. The van der Waals surface area contributed by atoms with Crippen molar-refractivity contribution in [2.75, 3.05) is 5.32 Å². The molecule has 0 unspecified atom stereocenters. The van der Waals surface area contributed by atoms with Gasteiger partial charge in [0.1, 0.15) is 11.6 Å². The van der Waals surface area contributed by atoms with E-state index in [1.54, 1.807) is 0 Å². The molecule has 3 aromatic rings. The highest BCUT2D eigenvalue weighted by Crippen LogP contribution is 2.40. The number of halogens is 2. The summed E-state index contributed by atoms with van der Waals surface area (Å²) in [4.78, 5) is 29.6. The number of aromatic nitrogens is 2. The number of primary amides is 1. The van der Waals surface area contributed by atoms with Gasteiger partial charge in [0.05, 0.1) is 28.0 Å². The first-order chi connectivity index (χ1) is 13.8. The Balaban J connectivity index is 2.07. The molecule has 0 aliphatic carbocycles. The molecular formula is C17H11ClFN5O5. The number of carbonyl (C=O) groups excluding carboxylic acids is 1. The molecule has 2 aromatic carbocycles. The molecule has 0 spiro atoms. The summed E-state index contributed by atoms with van der Waals surface area (Å²) in [7, 11) is 0. The van der Waals surface area contributed by atoms with Gasteiger partial charge in [0, 0.05) is 12.1 Å². The maximum Gasteiger partial charge on any atom is 0.410 e. The third-order valence-corrected chi connectivity index (χ3v) is 3.57.